The molecular formula is C27H34N2O3. The molecule has 5 nitrogen and oxygen atoms in total. The largest absolute Gasteiger partial charge is 0.376 e. The number of hydrogen-bond donors (Lipinski definition) is 0. The number of nitrogens with zero attached hydrogens (tertiary/aromatic N) is 2. The zero-order valence-electron chi connectivity index (χ0n) is 18.9. The number of benzene rings is 2. The minimum absolute atomic E-state index is 0.102. The molecule has 2 aliphatic heterocycles. The molecule has 2 aromatic carbocycles. The van der Waals surface area contributed by atoms with Gasteiger partial charge in [-0.3, -0.25) is 9.59 Å². The summed E-state index contributed by atoms with van der Waals surface area (Å²) in [6.07, 6.45) is 6.26. The summed E-state index contributed by atoms with van der Waals surface area (Å²) in [5.41, 5.74) is 3.47. The first kappa shape index (κ1) is 22.5. The summed E-state index contributed by atoms with van der Waals surface area (Å²) >= 11 is 0. The Balaban J connectivity index is 1.40. The molecule has 4 rings (SSSR count). The van der Waals surface area contributed by atoms with Crippen molar-refractivity contribution in [3.63, 3.8) is 0 Å². The van der Waals surface area contributed by atoms with Gasteiger partial charge in [0.15, 0.2) is 0 Å². The molecular weight excluding hydrogens is 400 g/mol. The van der Waals surface area contributed by atoms with Crippen LogP contribution in [0, 0.1) is 0 Å². The van der Waals surface area contributed by atoms with E-state index in [4.69, 9.17) is 4.74 Å². The first-order valence-corrected chi connectivity index (χ1v) is 12.0. The van der Waals surface area contributed by atoms with Crippen LogP contribution >= 0.6 is 0 Å². The highest BCUT2D eigenvalue weighted by molar-refractivity contribution is 5.79. The fourth-order valence-electron chi connectivity index (χ4n) is 4.61. The van der Waals surface area contributed by atoms with Crippen LogP contribution < -0.4 is 0 Å². The third-order valence-electron chi connectivity index (χ3n) is 6.50. The van der Waals surface area contributed by atoms with Crippen molar-refractivity contribution in [1.29, 1.82) is 0 Å². The first-order valence-electron chi connectivity index (χ1n) is 12.0. The molecule has 0 N–H and O–H groups in total. The molecule has 0 aromatic heterocycles. The van der Waals surface area contributed by atoms with Gasteiger partial charge in [0, 0.05) is 45.6 Å². The predicted molar refractivity (Wildman–Crippen MR) is 126 cm³/mol. The number of ether oxygens (including phenoxy) is 1. The molecule has 0 unspecified atom stereocenters. The van der Waals surface area contributed by atoms with Gasteiger partial charge in [-0.25, -0.2) is 0 Å². The maximum absolute atomic E-state index is 13.2. The third-order valence-corrected chi connectivity index (χ3v) is 6.50. The number of carbonyl (C=O) groups excluding carboxylic acids is 2. The molecule has 5 heteroatoms. The number of carbonyl (C=O) groups is 2. The second-order valence-corrected chi connectivity index (χ2v) is 8.91. The highest BCUT2D eigenvalue weighted by atomic mass is 16.5. The topological polar surface area (TPSA) is 49.9 Å². The van der Waals surface area contributed by atoms with Gasteiger partial charge in [0.05, 0.1) is 6.10 Å². The molecule has 170 valence electrons. The lowest BCUT2D eigenvalue weighted by Gasteiger charge is -2.27. The Bertz CT molecular complexity index is 876. The Morgan fingerprint density at radius 3 is 2.50 bits per heavy atom. The molecule has 32 heavy (non-hydrogen) atoms. The second-order valence-electron chi connectivity index (χ2n) is 8.91. The van der Waals surface area contributed by atoms with Gasteiger partial charge in [0.1, 0.15) is 0 Å². The van der Waals surface area contributed by atoms with Crippen LogP contribution in [-0.2, 0) is 20.9 Å². The van der Waals surface area contributed by atoms with Gasteiger partial charge in [0.2, 0.25) is 11.8 Å². The van der Waals surface area contributed by atoms with E-state index in [-0.39, 0.29) is 17.9 Å². The Hall–Kier alpha value is -2.66. The molecule has 2 saturated heterocycles. The Kier molecular flexibility index (Phi) is 7.94. The molecule has 0 spiro atoms. The van der Waals surface area contributed by atoms with E-state index in [1.807, 2.05) is 28.0 Å². The smallest absolute Gasteiger partial charge is 0.224 e. The van der Waals surface area contributed by atoms with Crippen molar-refractivity contribution in [1.82, 2.24) is 9.80 Å². The molecule has 0 saturated carbocycles. The van der Waals surface area contributed by atoms with E-state index in [1.165, 1.54) is 11.1 Å². The minimum atomic E-state index is 0.102. The molecule has 2 aliphatic rings. The Morgan fingerprint density at radius 1 is 0.969 bits per heavy atom. The highest BCUT2D eigenvalue weighted by Crippen LogP contribution is 2.21. The summed E-state index contributed by atoms with van der Waals surface area (Å²) in [7, 11) is 0. The van der Waals surface area contributed by atoms with Gasteiger partial charge in [-0.2, -0.15) is 0 Å². The number of amides is 2. The minimum Gasteiger partial charge on any atom is -0.376 e. The van der Waals surface area contributed by atoms with E-state index >= 15 is 0 Å². The lowest BCUT2D eigenvalue weighted by Crippen LogP contribution is -2.40. The first-order chi connectivity index (χ1) is 15.7. The fourth-order valence-corrected chi connectivity index (χ4v) is 4.61. The molecule has 0 aliphatic carbocycles. The van der Waals surface area contributed by atoms with E-state index in [9.17, 15) is 9.59 Å². The third kappa shape index (κ3) is 6.19. The van der Waals surface area contributed by atoms with E-state index < -0.39 is 0 Å². The van der Waals surface area contributed by atoms with E-state index in [0.29, 0.717) is 32.5 Å². The van der Waals surface area contributed by atoms with Crippen molar-refractivity contribution < 1.29 is 14.3 Å². The van der Waals surface area contributed by atoms with Crippen LogP contribution in [0.25, 0.3) is 11.1 Å². The van der Waals surface area contributed by atoms with Gasteiger partial charge in [-0.1, -0.05) is 61.0 Å². The maximum atomic E-state index is 13.2. The van der Waals surface area contributed by atoms with Crippen LogP contribution in [0.4, 0.5) is 0 Å². The van der Waals surface area contributed by atoms with Crippen molar-refractivity contribution in [3.05, 3.63) is 60.2 Å². The van der Waals surface area contributed by atoms with Gasteiger partial charge in [0.25, 0.3) is 0 Å². The summed E-state index contributed by atoms with van der Waals surface area (Å²) in [6.45, 7) is 3.26. The van der Waals surface area contributed by atoms with Crippen LogP contribution in [0.1, 0.15) is 50.5 Å². The number of likely N-dealkylation sites (tertiary alicyclic amines) is 1. The van der Waals surface area contributed by atoms with E-state index in [0.717, 1.165) is 50.8 Å². The molecule has 0 radical (unpaired) electrons. The molecule has 2 fully saturated rings. The predicted octanol–water partition coefficient (Wildman–Crippen LogP) is 4.65. The summed E-state index contributed by atoms with van der Waals surface area (Å²) < 4.78 is 5.82. The summed E-state index contributed by atoms with van der Waals surface area (Å²) in [6, 6.07) is 18.8. The summed E-state index contributed by atoms with van der Waals surface area (Å²) in [4.78, 5) is 29.3. The molecule has 0 bridgehead atoms. The quantitative estimate of drug-likeness (QED) is 0.607. The van der Waals surface area contributed by atoms with Crippen LogP contribution in [0.3, 0.4) is 0 Å². The van der Waals surface area contributed by atoms with Gasteiger partial charge >= 0.3 is 0 Å². The van der Waals surface area contributed by atoms with Gasteiger partial charge in [-0.05, 0) is 42.4 Å². The number of hydrogen-bond acceptors (Lipinski definition) is 3. The van der Waals surface area contributed by atoms with Crippen LogP contribution in [-0.4, -0.2) is 54.0 Å². The molecule has 2 heterocycles. The molecule has 2 aromatic rings. The van der Waals surface area contributed by atoms with Crippen LogP contribution in [0.2, 0.25) is 0 Å². The van der Waals surface area contributed by atoms with Crippen molar-refractivity contribution in [2.75, 3.05) is 26.2 Å². The van der Waals surface area contributed by atoms with E-state index in [1.54, 1.807) is 0 Å². The Labute approximate surface area is 191 Å². The van der Waals surface area contributed by atoms with Gasteiger partial charge < -0.3 is 14.5 Å². The SMILES string of the molecule is O=C1CCCCCN1CCC(=O)N(Cc1ccc(-c2ccccc2)cc1)C[C@H]1CCCO1. The Morgan fingerprint density at radius 2 is 1.75 bits per heavy atom. The van der Waals surface area contributed by atoms with Crippen molar-refractivity contribution in [2.45, 2.75) is 57.6 Å². The highest BCUT2D eigenvalue weighted by Gasteiger charge is 2.24. The molecule has 2 amide bonds. The second kappa shape index (κ2) is 11.3. The normalized spacial score (nSPS) is 19.1. The van der Waals surface area contributed by atoms with E-state index in [2.05, 4.69) is 36.4 Å². The zero-order chi connectivity index (χ0) is 22.2. The van der Waals surface area contributed by atoms with Crippen LogP contribution in [0.5, 0.6) is 0 Å². The zero-order valence-corrected chi connectivity index (χ0v) is 18.9. The van der Waals surface area contributed by atoms with Crippen molar-refractivity contribution in [3.8, 4) is 11.1 Å². The average molecular weight is 435 g/mol. The molecule has 1 atom stereocenters. The fraction of sp³-hybridized carbons (Fsp3) is 0.481. The summed E-state index contributed by atoms with van der Waals surface area (Å²) in [5.74, 6) is 0.294. The standard InChI is InChI=1S/C27H34N2O3/c30-26-11-5-2-6-17-28(26)18-16-27(31)29(21-25-10-7-19-32-25)20-22-12-14-24(15-13-22)23-8-3-1-4-9-23/h1,3-4,8-9,12-15,25H,2,5-7,10-11,16-21H2/t25-/m1/s1. The monoisotopic (exact) mass is 434 g/mol. The van der Waals surface area contributed by atoms with Crippen LogP contribution in [0.15, 0.2) is 54.6 Å². The lowest BCUT2D eigenvalue weighted by atomic mass is 10.0. The number of rotatable bonds is 8. The maximum Gasteiger partial charge on any atom is 0.224 e. The van der Waals surface area contributed by atoms with Gasteiger partial charge in [-0.15, -0.1) is 0 Å². The average Bonchev–Trinajstić information content (AvgIpc) is 3.25. The summed E-state index contributed by atoms with van der Waals surface area (Å²) in [5, 5.41) is 0. The lowest BCUT2D eigenvalue weighted by molar-refractivity contribution is -0.135. The van der Waals surface area contributed by atoms with Crippen molar-refractivity contribution >= 4 is 11.8 Å². The van der Waals surface area contributed by atoms with Crippen molar-refractivity contribution in [2.24, 2.45) is 0 Å².